The third-order valence-electron chi connectivity index (χ3n) is 3.52. The summed E-state index contributed by atoms with van der Waals surface area (Å²) in [7, 11) is 0. The molecule has 0 amide bonds. The van der Waals surface area contributed by atoms with Gasteiger partial charge in [-0.05, 0) is 30.7 Å². The van der Waals surface area contributed by atoms with E-state index < -0.39 is 0 Å². The molecule has 0 N–H and O–H groups in total. The van der Waals surface area contributed by atoms with Crippen molar-refractivity contribution in [1.82, 2.24) is 0 Å². The maximum absolute atomic E-state index is 4.74. The molecule has 1 saturated carbocycles. The summed E-state index contributed by atoms with van der Waals surface area (Å²) in [6, 6.07) is 10.7. The van der Waals surface area contributed by atoms with Gasteiger partial charge in [-0.15, -0.1) is 0 Å². The van der Waals surface area contributed by atoms with Crippen LogP contribution in [0.3, 0.4) is 0 Å². The molecule has 0 aromatic heterocycles. The van der Waals surface area contributed by atoms with Gasteiger partial charge in [-0.2, -0.15) is 0 Å². The minimum absolute atomic E-state index is 0.760. The van der Waals surface area contributed by atoms with Crippen LogP contribution in [-0.4, -0.2) is 12.3 Å². The van der Waals surface area contributed by atoms with Crippen molar-refractivity contribution in [3.63, 3.8) is 0 Å². The molecule has 1 aliphatic heterocycles. The first-order valence-corrected chi connectivity index (χ1v) is 5.53. The van der Waals surface area contributed by atoms with Crippen LogP contribution in [0.15, 0.2) is 35.3 Å². The lowest BCUT2D eigenvalue weighted by Crippen LogP contribution is -2.19. The highest BCUT2D eigenvalue weighted by Crippen LogP contribution is 2.37. The summed E-state index contributed by atoms with van der Waals surface area (Å²) in [5.41, 5.74) is 2.72. The molecular formula is C13H15N. The lowest BCUT2D eigenvalue weighted by molar-refractivity contribution is 0.532. The first kappa shape index (κ1) is 8.22. The van der Waals surface area contributed by atoms with Crippen molar-refractivity contribution in [3.8, 4) is 0 Å². The van der Waals surface area contributed by atoms with E-state index in [0.717, 1.165) is 18.4 Å². The quantitative estimate of drug-likeness (QED) is 0.638. The van der Waals surface area contributed by atoms with Crippen molar-refractivity contribution < 1.29 is 0 Å². The summed E-state index contributed by atoms with van der Waals surface area (Å²) in [6.45, 7) is 1.07. The monoisotopic (exact) mass is 185 g/mol. The molecule has 1 heteroatoms. The van der Waals surface area contributed by atoms with Gasteiger partial charge in [0.25, 0.3) is 0 Å². The van der Waals surface area contributed by atoms with Gasteiger partial charge in [-0.1, -0.05) is 30.3 Å². The van der Waals surface area contributed by atoms with E-state index in [-0.39, 0.29) is 0 Å². The Kier molecular flexibility index (Phi) is 1.90. The molecule has 1 aliphatic carbocycles. The minimum Gasteiger partial charge on any atom is -0.289 e. The third-order valence-corrected chi connectivity index (χ3v) is 3.52. The van der Waals surface area contributed by atoms with Crippen molar-refractivity contribution in [1.29, 1.82) is 0 Å². The summed E-state index contributed by atoms with van der Waals surface area (Å²) in [6.07, 6.45) is 4.14. The van der Waals surface area contributed by atoms with E-state index in [0.29, 0.717) is 0 Å². The number of hydrogen-bond acceptors (Lipinski definition) is 1. The molecule has 72 valence electrons. The van der Waals surface area contributed by atoms with E-state index >= 15 is 0 Å². The maximum atomic E-state index is 4.74. The van der Waals surface area contributed by atoms with Gasteiger partial charge in [0.15, 0.2) is 0 Å². The predicted octanol–water partition coefficient (Wildman–Crippen LogP) is 2.91. The van der Waals surface area contributed by atoms with Crippen LogP contribution in [0.2, 0.25) is 0 Å². The highest BCUT2D eigenvalue weighted by molar-refractivity contribution is 6.02. The van der Waals surface area contributed by atoms with Crippen LogP contribution in [0.5, 0.6) is 0 Å². The number of benzene rings is 1. The Morgan fingerprint density at radius 2 is 1.93 bits per heavy atom. The lowest BCUT2D eigenvalue weighted by atomic mass is 9.92. The predicted molar refractivity (Wildman–Crippen MR) is 58.7 cm³/mol. The molecule has 1 nitrogen and oxygen atoms in total. The SMILES string of the molecule is c1ccc(C2=NCC3CCC2C3)cc1. The molecule has 14 heavy (non-hydrogen) atoms. The van der Waals surface area contributed by atoms with Gasteiger partial charge >= 0.3 is 0 Å². The van der Waals surface area contributed by atoms with Crippen LogP contribution in [0, 0.1) is 11.8 Å². The second kappa shape index (κ2) is 3.23. The Morgan fingerprint density at radius 3 is 2.79 bits per heavy atom. The van der Waals surface area contributed by atoms with Gasteiger partial charge in [-0.3, -0.25) is 4.99 Å². The lowest BCUT2D eigenvalue weighted by Gasteiger charge is -2.19. The van der Waals surface area contributed by atoms with Gasteiger partial charge in [-0.25, -0.2) is 0 Å². The fourth-order valence-electron chi connectivity index (χ4n) is 2.78. The molecule has 0 spiro atoms. The average molecular weight is 185 g/mol. The highest BCUT2D eigenvalue weighted by atomic mass is 14.8. The van der Waals surface area contributed by atoms with Crippen LogP contribution in [-0.2, 0) is 0 Å². The van der Waals surface area contributed by atoms with E-state index in [4.69, 9.17) is 4.99 Å². The first-order chi connectivity index (χ1) is 6.93. The van der Waals surface area contributed by atoms with Gasteiger partial charge in [0.1, 0.15) is 0 Å². The Bertz CT molecular complexity index is 353. The zero-order valence-corrected chi connectivity index (χ0v) is 8.32. The largest absolute Gasteiger partial charge is 0.289 e. The minimum atomic E-state index is 0.760. The summed E-state index contributed by atoms with van der Waals surface area (Å²) < 4.78 is 0. The van der Waals surface area contributed by atoms with Crippen molar-refractivity contribution in [3.05, 3.63) is 35.9 Å². The molecule has 1 aromatic rings. The molecule has 2 unspecified atom stereocenters. The fourth-order valence-corrected chi connectivity index (χ4v) is 2.78. The Hall–Kier alpha value is -1.11. The van der Waals surface area contributed by atoms with Crippen molar-refractivity contribution >= 4 is 5.71 Å². The molecule has 2 aliphatic rings. The standard InChI is InChI=1S/C13H15N/c1-2-4-11(5-3-1)13-12-7-6-10(8-12)9-14-13/h1-5,10,12H,6-9H2. The molecular weight excluding hydrogens is 170 g/mol. The van der Waals surface area contributed by atoms with Gasteiger partial charge in [0.2, 0.25) is 0 Å². The van der Waals surface area contributed by atoms with Crippen LogP contribution in [0.4, 0.5) is 0 Å². The van der Waals surface area contributed by atoms with E-state index in [1.165, 1.54) is 30.5 Å². The van der Waals surface area contributed by atoms with E-state index in [1.807, 2.05) is 0 Å². The summed E-state index contributed by atoms with van der Waals surface area (Å²) in [4.78, 5) is 4.74. The number of rotatable bonds is 1. The molecule has 1 fully saturated rings. The number of hydrogen-bond donors (Lipinski definition) is 0. The second-order valence-corrected chi connectivity index (χ2v) is 4.47. The third kappa shape index (κ3) is 1.28. The Morgan fingerprint density at radius 1 is 1.07 bits per heavy atom. The Balaban J connectivity index is 1.96. The molecule has 0 saturated heterocycles. The smallest absolute Gasteiger partial charge is 0.0451 e. The molecule has 2 bridgehead atoms. The van der Waals surface area contributed by atoms with Crippen molar-refractivity contribution in [2.24, 2.45) is 16.8 Å². The molecule has 0 radical (unpaired) electrons. The van der Waals surface area contributed by atoms with E-state index in [9.17, 15) is 0 Å². The zero-order valence-electron chi connectivity index (χ0n) is 8.32. The van der Waals surface area contributed by atoms with Crippen molar-refractivity contribution in [2.75, 3.05) is 6.54 Å². The van der Waals surface area contributed by atoms with Crippen LogP contribution in [0.1, 0.15) is 24.8 Å². The zero-order chi connectivity index (χ0) is 9.38. The highest BCUT2D eigenvalue weighted by Gasteiger charge is 2.32. The normalized spacial score (nSPS) is 30.1. The number of aliphatic imine (C=N–C) groups is 1. The first-order valence-electron chi connectivity index (χ1n) is 5.53. The van der Waals surface area contributed by atoms with Gasteiger partial charge in [0, 0.05) is 18.2 Å². The summed E-state index contributed by atoms with van der Waals surface area (Å²) in [5, 5.41) is 0. The maximum Gasteiger partial charge on any atom is 0.0451 e. The summed E-state index contributed by atoms with van der Waals surface area (Å²) in [5.74, 6) is 1.66. The van der Waals surface area contributed by atoms with E-state index in [1.54, 1.807) is 0 Å². The molecule has 2 atom stereocenters. The average Bonchev–Trinajstić information content (AvgIpc) is 2.62. The van der Waals surface area contributed by atoms with Gasteiger partial charge in [0.05, 0.1) is 0 Å². The number of fused-ring (bicyclic) bond motifs is 2. The van der Waals surface area contributed by atoms with Crippen LogP contribution >= 0.6 is 0 Å². The van der Waals surface area contributed by atoms with Crippen molar-refractivity contribution in [2.45, 2.75) is 19.3 Å². The number of nitrogens with zero attached hydrogens (tertiary/aromatic N) is 1. The fraction of sp³-hybridized carbons (Fsp3) is 0.462. The van der Waals surface area contributed by atoms with Crippen LogP contribution in [0.25, 0.3) is 0 Å². The van der Waals surface area contributed by atoms with Crippen LogP contribution < -0.4 is 0 Å². The van der Waals surface area contributed by atoms with Gasteiger partial charge < -0.3 is 0 Å². The van der Waals surface area contributed by atoms with E-state index in [2.05, 4.69) is 30.3 Å². The molecule has 1 heterocycles. The topological polar surface area (TPSA) is 12.4 Å². The molecule has 3 rings (SSSR count). The molecule has 1 aromatic carbocycles. The second-order valence-electron chi connectivity index (χ2n) is 4.47. The Labute approximate surface area is 84.9 Å². The summed E-state index contributed by atoms with van der Waals surface area (Å²) >= 11 is 0.